The molecular weight excluding hydrogens is 521 g/mol. The number of anilines is 3. The molecule has 1 aromatic carbocycles. The van der Waals surface area contributed by atoms with E-state index in [4.69, 9.17) is 16.6 Å². The number of rotatable bonds is 6. The molecule has 2 aromatic heterocycles. The Labute approximate surface area is 232 Å². The van der Waals surface area contributed by atoms with Gasteiger partial charge in [0.25, 0.3) is 5.91 Å². The second-order valence-corrected chi connectivity index (χ2v) is 11.2. The Balaban J connectivity index is 1.56. The zero-order valence-corrected chi connectivity index (χ0v) is 23.7. The van der Waals surface area contributed by atoms with E-state index >= 15 is 0 Å². The minimum atomic E-state index is -0.991. The fourth-order valence-corrected chi connectivity index (χ4v) is 5.15. The van der Waals surface area contributed by atoms with Crippen molar-refractivity contribution in [3.05, 3.63) is 75.4 Å². The van der Waals surface area contributed by atoms with Gasteiger partial charge in [-0.1, -0.05) is 25.4 Å². The van der Waals surface area contributed by atoms with Crippen LogP contribution in [0.4, 0.5) is 21.6 Å². The van der Waals surface area contributed by atoms with Crippen LogP contribution in [0.15, 0.2) is 36.4 Å². The molecule has 1 aliphatic heterocycles. The summed E-state index contributed by atoms with van der Waals surface area (Å²) in [5.41, 5.74) is 3.06. The van der Waals surface area contributed by atoms with Crippen molar-refractivity contribution in [2.24, 2.45) is 0 Å². The molecule has 39 heavy (non-hydrogen) atoms. The number of carbonyl (C=O) groups excluding carboxylic acids is 1. The van der Waals surface area contributed by atoms with Crippen LogP contribution in [0, 0.1) is 19.7 Å². The molecule has 1 saturated heterocycles. The zero-order chi connectivity index (χ0) is 28.6. The van der Waals surface area contributed by atoms with E-state index in [1.54, 1.807) is 38.1 Å². The number of piperazine rings is 1. The number of aryl methyl sites for hydroxylation is 2. The average Bonchev–Trinajstić information content (AvgIpc) is 2.84. The maximum atomic E-state index is 13.9. The molecule has 0 saturated carbocycles. The Morgan fingerprint density at radius 1 is 1.10 bits per heavy atom. The van der Waals surface area contributed by atoms with Gasteiger partial charge in [-0.2, -0.15) is 0 Å². The first-order valence-corrected chi connectivity index (χ1v) is 13.2. The highest BCUT2D eigenvalue weighted by atomic mass is 35.5. The number of amides is 1. The second kappa shape index (κ2) is 10.8. The molecule has 3 aromatic rings. The summed E-state index contributed by atoms with van der Waals surface area (Å²) < 4.78 is 13.9. The molecule has 206 valence electrons. The average molecular weight is 554 g/mol. The highest BCUT2D eigenvalue weighted by Crippen LogP contribution is 2.31. The van der Waals surface area contributed by atoms with Crippen LogP contribution in [-0.4, -0.2) is 57.0 Å². The van der Waals surface area contributed by atoms with Crippen LogP contribution >= 0.6 is 11.6 Å². The number of nitrogens with one attached hydrogen (secondary N) is 1. The van der Waals surface area contributed by atoms with Gasteiger partial charge in [0.1, 0.15) is 17.3 Å². The number of carboxylic acids is 1. The normalized spacial score (nSPS) is 15.0. The number of benzene rings is 1. The summed E-state index contributed by atoms with van der Waals surface area (Å²) in [7, 11) is 0. The van der Waals surface area contributed by atoms with Crippen molar-refractivity contribution < 1.29 is 19.1 Å². The third-order valence-corrected chi connectivity index (χ3v) is 7.26. The van der Waals surface area contributed by atoms with Gasteiger partial charge in [0, 0.05) is 25.3 Å². The van der Waals surface area contributed by atoms with Gasteiger partial charge in [0.2, 0.25) is 0 Å². The van der Waals surface area contributed by atoms with E-state index in [-0.39, 0.29) is 22.4 Å². The third kappa shape index (κ3) is 5.83. The predicted molar refractivity (Wildman–Crippen MR) is 151 cm³/mol. The topological polar surface area (TPSA) is 98.7 Å². The Hall–Kier alpha value is -3.72. The first-order valence-electron chi connectivity index (χ1n) is 12.8. The number of carboxylic acid groups (broad SMARTS) is 1. The maximum absolute atomic E-state index is 13.9. The molecule has 1 amide bonds. The first-order chi connectivity index (χ1) is 18.3. The lowest BCUT2D eigenvalue weighted by molar-refractivity contribution is 0.0506. The molecule has 0 unspecified atom stereocenters. The van der Waals surface area contributed by atoms with Crippen molar-refractivity contribution in [1.29, 1.82) is 0 Å². The van der Waals surface area contributed by atoms with Crippen molar-refractivity contribution >= 4 is 40.7 Å². The molecule has 0 atom stereocenters. The van der Waals surface area contributed by atoms with E-state index in [0.29, 0.717) is 59.5 Å². The fourth-order valence-electron chi connectivity index (χ4n) is 5.03. The number of carbonyl (C=O) groups is 2. The predicted octanol–water partition coefficient (Wildman–Crippen LogP) is 6.19. The van der Waals surface area contributed by atoms with Gasteiger partial charge in [-0.05, 0) is 75.6 Å². The van der Waals surface area contributed by atoms with E-state index in [1.165, 1.54) is 12.1 Å². The minimum Gasteiger partial charge on any atom is -0.478 e. The van der Waals surface area contributed by atoms with Crippen LogP contribution in [0.3, 0.4) is 0 Å². The van der Waals surface area contributed by atoms with E-state index in [2.05, 4.69) is 15.2 Å². The summed E-state index contributed by atoms with van der Waals surface area (Å²) in [6, 6.07) is 9.76. The van der Waals surface area contributed by atoms with Crippen molar-refractivity contribution in [3.63, 3.8) is 0 Å². The quantitative estimate of drug-likeness (QED) is 0.375. The van der Waals surface area contributed by atoms with Crippen molar-refractivity contribution in [2.75, 3.05) is 29.9 Å². The highest BCUT2D eigenvalue weighted by molar-refractivity contribution is 6.30. The number of halogens is 2. The third-order valence-electron chi connectivity index (χ3n) is 6.96. The van der Waals surface area contributed by atoms with E-state index in [9.17, 15) is 19.1 Å². The van der Waals surface area contributed by atoms with Gasteiger partial charge in [0.15, 0.2) is 0 Å². The maximum Gasteiger partial charge on any atom is 0.337 e. The van der Waals surface area contributed by atoms with Crippen LogP contribution in [0.5, 0.6) is 0 Å². The summed E-state index contributed by atoms with van der Waals surface area (Å²) >= 11 is 5.81. The van der Waals surface area contributed by atoms with E-state index in [1.807, 2.05) is 32.6 Å². The molecule has 0 radical (unpaired) electrons. The van der Waals surface area contributed by atoms with Crippen molar-refractivity contribution in [2.45, 2.75) is 53.0 Å². The number of aromatic nitrogens is 2. The lowest BCUT2D eigenvalue weighted by Gasteiger charge is -2.47. The van der Waals surface area contributed by atoms with Crippen LogP contribution in [-0.2, 0) is 0 Å². The molecule has 8 nitrogen and oxygen atoms in total. The number of hydrogen-bond acceptors (Lipinski definition) is 6. The standard InChI is InChI=1S/C29H33ClFN5O3/c1-16(2)26-22(33-19-7-8-20(30)21(31)14-19)9-10-23(34-26)27(37)36-12-11-35(15-29(36,5)6)24-13-17(3)25(28(38)39)18(4)32-24/h7-10,13-14,16,33H,11-12,15H2,1-6H3,(H,38,39). The van der Waals surface area contributed by atoms with Gasteiger partial charge >= 0.3 is 5.97 Å². The molecular formula is C29H33ClFN5O3. The van der Waals surface area contributed by atoms with Crippen LogP contribution < -0.4 is 10.2 Å². The van der Waals surface area contributed by atoms with Crippen molar-refractivity contribution in [1.82, 2.24) is 14.9 Å². The summed E-state index contributed by atoms with van der Waals surface area (Å²) in [6.45, 7) is 13.0. The summed E-state index contributed by atoms with van der Waals surface area (Å²) in [4.78, 5) is 38.4. The number of nitrogens with zero attached hydrogens (tertiary/aromatic N) is 4. The Bertz CT molecular complexity index is 1420. The minimum absolute atomic E-state index is 0.00795. The first kappa shape index (κ1) is 28.3. The number of aromatic carboxylic acids is 1. The van der Waals surface area contributed by atoms with Crippen LogP contribution in [0.2, 0.25) is 5.02 Å². The monoisotopic (exact) mass is 553 g/mol. The SMILES string of the molecule is Cc1cc(N2CCN(C(=O)c3ccc(Nc4ccc(Cl)c(F)c4)c(C(C)C)n3)C(C)(C)C2)nc(C)c1C(=O)O. The molecule has 10 heteroatoms. The van der Waals surface area contributed by atoms with Gasteiger partial charge in [0.05, 0.1) is 33.2 Å². The highest BCUT2D eigenvalue weighted by Gasteiger charge is 2.38. The summed E-state index contributed by atoms with van der Waals surface area (Å²) in [6.07, 6.45) is 0. The Morgan fingerprint density at radius 3 is 2.41 bits per heavy atom. The van der Waals surface area contributed by atoms with Gasteiger partial charge < -0.3 is 20.2 Å². The molecule has 4 rings (SSSR count). The van der Waals surface area contributed by atoms with Gasteiger partial charge in [-0.3, -0.25) is 4.79 Å². The van der Waals surface area contributed by atoms with Gasteiger partial charge in [-0.15, -0.1) is 0 Å². The molecule has 3 heterocycles. The molecule has 0 bridgehead atoms. The molecule has 1 aliphatic rings. The van der Waals surface area contributed by atoms with Crippen LogP contribution in [0.1, 0.15) is 71.4 Å². The molecule has 0 aliphatic carbocycles. The van der Waals surface area contributed by atoms with E-state index in [0.717, 1.165) is 0 Å². The largest absolute Gasteiger partial charge is 0.478 e. The Kier molecular flexibility index (Phi) is 7.84. The summed E-state index contributed by atoms with van der Waals surface area (Å²) in [5, 5.41) is 12.7. The second-order valence-electron chi connectivity index (χ2n) is 10.8. The lowest BCUT2D eigenvalue weighted by Crippen LogP contribution is -2.61. The molecule has 2 N–H and O–H groups in total. The molecule has 1 fully saturated rings. The Morgan fingerprint density at radius 2 is 1.82 bits per heavy atom. The van der Waals surface area contributed by atoms with E-state index < -0.39 is 17.3 Å². The summed E-state index contributed by atoms with van der Waals surface area (Å²) in [5.74, 6) is -0.980. The van der Waals surface area contributed by atoms with Crippen molar-refractivity contribution in [3.8, 4) is 0 Å². The fraction of sp³-hybridized carbons (Fsp3) is 0.379. The lowest BCUT2D eigenvalue weighted by atomic mass is 9.97. The zero-order valence-electron chi connectivity index (χ0n) is 23.0. The van der Waals surface area contributed by atoms with Gasteiger partial charge in [-0.25, -0.2) is 19.2 Å². The smallest absolute Gasteiger partial charge is 0.337 e. The number of pyridine rings is 2. The number of hydrogen-bond donors (Lipinski definition) is 2. The molecule has 0 spiro atoms. The van der Waals surface area contributed by atoms with Crippen LogP contribution in [0.25, 0.3) is 0 Å².